The zero-order chi connectivity index (χ0) is 6.24. The molecule has 4 heteroatoms. The first kappa shape index (κ1) is 8.78. The molecule has 8 heavy (non-hydrogen) atoms. The van der Waals surface area contributed by atoms with Gasteiger partial charge in [-0.2, -0.15) is 0 Å². The Bertz CT molecular complexity index is 27.5. The molecule has 50 valence electrons. The highest BCUT2D eigenvalue weighted by Gasteiger charge is 1.91. The van der Waals surface area contributed by atoms with Crippen molar-refractivity contribution in [3.63, 3.8) is 0 Å². The van der Waals surface area contributed by atoms with Crippen molar-refractivity contribution in [3.8, 4) is 0 Å². The fourth-order valence-corrected chi connectivity index (χ4v) is 0.604. The molecule has 1 aliphatic heterocycles. The molecule has 0 aromatic rings. The van der Waals surface area contributed by atoms with Gasteiger partial charge in [0.05, 0.1) is 0 Å². The molecule has 0 aromatic heterocycles. The number of hydrogen-bond donors (Lipinski definition) is 2. The number of rotatable bonds is 0. The molecule has 0 spiro atoms. The summed E-state index contributed by atoms with van der Waals surface area (Å²) in [6.45, 7) is 4.56. The average Bonchev–Trinajstić information content (AvgIpc) is 1.96. The van der Waals surface area contributed by atoms with E-state index >= 15 is 0 Å². The smallest absolute Gasteiger partial charge is 0.00772 e. The van der Waals surface area contributed by atoms with Gasteiger partial charge >= 0.3 is 0 Å². The highest BCUT2D eigenvalue weighted by Crippen LogP contribution is 1.86. The molecule has 1 fully saturated rings. The van der Waals surface area contributed by atoms with Gasteiger partial charge in [-0.3, -0.25) is 0 Å². The van der Waals surface area contributed by atoms with E-state index in [4.69, 9.17) is 0 Å². The second-order valence-corrected chi connectivity index (χ2v) is 1.50. The largest absolute Gasteiger partial charge is 0.314 e. The fourth-order valence-electron chi connectivity index (χ4n) is 0.604. The molecule has 2 atom stereocenters. The molecule has 0 aliphatic carbocycles. The van der Waals surface area contributed by atoms with Crippen LogP contribution in [0, 0.1) is 0 Å². The van der Waals surface area contributed by atoms with Gasteiger partial charge in [-0.05, 0) is 0 Å². The monoisotopic (exact) mass is 152 g/mol. The summed E-state index contributed by atoms with van der Waals surface area (Å²) in [7, 11) is 4.67. The lowest BCUT2D eigenvalue weighted by Crippen LogP contribution is -2.39. The minimum Gasteiger partial charge on any atom is -0.314 e. The Balaban J connectivity index is 0.000000222. The van der Waals surface area contributed by atoms with Crippen molar-refractivity contribution in [1.82, 2.24) is 10.6 Å². The van der Waals surface area contributed by atoms with E-state index in [0.717, 1.165) is 26.2 Å². The van der Waals surface area contributed by atoms with Crippen LogP contribution >= 0.6 is 17.9 Å². The third-order valence-electron chi connectivity index (χ3n) is 0.957. The Labute approximate surface area is 55.5 Å². The van der Waals surface area contributed by atoms with Crippen LogP contribution in [0.3, 0.4) is 0 Å². The maximum atomic E-state index is 3.22. The highest BCUT2D eigenvalue weighted by atomic mass is 32.0. The zero-order valence-corrected chi connectivity index (χ0v) is 7.29. The van der Waals surface area contributed by atoms with Gasteiger partial charge in [0.1, 0.15) is 0 Å². The molecule has 2 N–H and O–H groups in total. The van der Waals surface area contributed by atoms with Gasteiger partial charge in [-0.1, -0.05) is 0 Å². The van der Waals surface area contributed by atoms with Gasteiger partial charge in [0.15, 0.2) is 0 Å². The molecule has 1 rings (SSSR count). The van der Waals surface area contributed by atoms with Gasteiger partial charge in [-0.25, -0.2) is 0 Å². The molecule has 0 amide bonds. The van der Waals surface area contributed by atoms with Crippen molar-refractivity contribution < 1.29 is 0 Å². The molecule has 1 heterocycles. The van der Waals surface area contributed by atoms with Crippen LogP contribution in [0.4, 0.5) is 0 Å². The summed E-state index contributed by atoms with van der Waals surface area (Å²) in [4.78, 5) is 0. The minimum absolute atomic E-state index is 1.14. The van der Waals surface area contributed by atoms with Crippen molar-refractivity contribution in [2.75, 3.05) is 26.2 Å². The lowest BCUT2D eigenvalue weighted by molar-refractivity contribution is 0.534. The quantitative estimate of drug-likeness (QED) is 0.471. The number of nitrogens with one attached hydrogen (secondary N) is 2. The summed E-state index contributed by atoms with van der Waals surface area (Å²) < 4.78 is 0. The van der Waals surface area contributed by atoms with Crippen molar-refractivity contribution in [2.24, 2.45) is 0 Å². The van der Waals surface area contributed by atoms with Crippen molar-refractivity contribution in [1.29, 1.82) is 0 Å². The molecule has 1 aliphatic rings. The van der Waals surface area contributed by atoms with Crippen LogP contribution < -0.4 is 10.6 Å². The second kappa shape index (κ2) is 7.78. The van der Waals surface area contributed by atoms with Gasteiger partial charge in [0, 0.05) is 26.2 Å². The van der Waals surface area contributed by atoms with Crippen LogP contribution in [-0.4, -0.2) is 26.2 Å². The molecule has 0 bridgehead atoms. The van der Waals surface area contributed by atoms with Gasteiger partial charge < -0.3 is 10.6 Å². The first-order valence-corrected chi connectivity index (χ1v) is 5.41. The van der Waals surface area contributed by atoms with E-state index in [9.17, 15) is 0 Å². The third-order valence-corrected chi connectivity index (χ3v) is 0.957. The predicted molar refractivity (Wildman–Crippen MR) is 45.2 cm³/mol. The lowest BCUT2D eigenvalue weighted by atomic mass is 10.4. The summed E-state index contributed by atoms with van der Waals surface area (Å²) in [6, 6.07) is 0. The molecular formula is C4H14N2P2. The summed E-state index contributed by atoms with van der Waals surface area (Å²) in [5.74, 6) is 0. The molecule has 0 radical (unpaired) electrons. The molecular weight excluding hydrogens is 138 g/mol. The van der Waals surface area contributed by atoms with Crippen LogP contribution in [0.1, 0.15) is 0 Å². The average molecular weight is 152 g/mol. The Morgan fingerprint density at radius 3 is 1.12 bits per heavy atom. The van der Waals surface area contributed by atoms with Crippen LogP contribution in [0.15, 0.2) is 0 Å². The van der Waals surface area contributed by atoms with Crippen LogP contribution in [0.5, 0.6) is 0 Å². The van der Waals surface area contributed by atoms with Gasteiger partial charge in [0.25, 0.3) is 0 Å². The Morgan fingerprint density at radius 1 is 0.750 bits per heavy atom. The Kier molecular flexibility index (Phi) is 8.54. The first-order chi connectivity index (χ1) is 4.00. The molecule has 2 unspecified atom stereocenters. The second-order valence-electron chi connectivity index (χ2n) is 1.50. The van der Waals surface area contributed by atoms with E-state index in [1.54, 1.807) is 0 Å². The van der Waals surface area contributed by atoms with Gasteiger partial charge in [0.2, 0.25) is 0 Å². The van der Waals surface area contributed by atoms with Crippen LogP contribution in [-0.2, 0) is 0 Å². The SMILES string of the molecule is C1CNCCN1.PP. The van der Waals surface area contributed by atoms with E-state index < -0.39 is 0 Å². The van der Waals surface area contributed by atoms with E-state index in [1.807, 2.05) is 0 Å². The highest BCUT2D eigenvalue weighted by molar-refractivity contribution is 7.92. The molecule has 0 aromatic carbocycles. The lowest BCUT2D eigenvalue weighted by Gasteiger charge is -2.11. The van der Waals surface area contributed by atoms with E-state index in [-0.39, 0.29) is 0 Å². The topological polar surface area (TPSA) is 24.1 Å². The fraction of sp³-hybridized carbons (Fsp3) is 1.00. The normalized spacial score (nSPS) is 18.8. The zero-order valence-electron chi connectivity index (χ0n) is 4.98. The van der Waals surface area contributed by atoms with E-state index in [1.165, 1.54) is 0 Å². The van der Waals surface area contributed by atoms with Crippen molar-refractivity contribution in [3.05, 3.63) is 0 Å². The minimum atomic E-state index is 1.14. The molecule has 1 saturated heterocycles. The summed E-state index contributed by atoms with van der Waals surface area (Å²) in [6.07, 6.45) is 0. The summed E-state index contributed by atoms with van der Waals surface area (Å²) in [5, 5.41) is 6.44. The van der Waals surface area contributed by atoms with E-state index in [0.29, 0.717) is 0 Å². The molecule has 0 saturated carbocycles. The van der Waals surface area contributed by atoms with E-state index in [2.05, 4.69) is 28.5 Å². The Hall–Kier alpha value is 0.780. The first-order valence-electron chi connectivity index (χ1n) is 2.75. The third kappa shape index (κ3) is 4.93. The standard InChI is InChI=1S/C4H10N2.H4P2/c1-2-6-4-3-5-1;1-2/h5-6H,1-4H2;1-2H2. The predicted octanol–water partition coefficient (Wildman–Crippen LogP) is -0.169. The van der Waals surface area contributed by atoms with Crippen LogP contribution in [0.2, 0.25) is 0 Å². The van der Waals surface area contributed by atoms with Crippen molar-refractivity contribution in [2.45, 2.75) is 0 Å². The maximum Gasteiger partial charge on any atom is 0.00772 e. The Morgan fingerprint density at radius 2 is 1.00 bits per heavy atom. The van der Waals surface area contributed by atoms with Crippen LogP contribution in [0.25, 0.3) is 0 Å². The van der Waals surface area contributed by atoms with Gasteiger partial charge in [-0.15, -0.1) is 17.9 Å². The number of hydrogen-bond acceptors (Lipinski definition) is 2. The maximum absolute atomic E-state index is 3.22. The van der Waals surface area contributed by atoms with Crippen molar-refractivity contribution >= 4 is 17.9 Å². The number of piperazine rings is 1. The summed E-state index contributed by atoms with van der Waals surface area (Å²) >= 11 is 0. The molecule has 2 nitrogen and oxygen atoms in total. The summed E-state index contributed by atoms with van der Waals surface area (Å²) in [5.41, 5.74) is 0.